The molecule has 1 aliphatic carbocycles. The molecule has 0 bridgehead atoms. The van der Waals surface area contributed by atoms with E-state index in [2.05, 4.69) is 12.1 Å². The van der Waals surface area contributed by atoms with Gasteiger partial charge in [-0.05, 0) is 49.3 Å². The van der Waals surface area contributed by atoms with Crippen molar-refractivity contribution in [1.82, 2.24) is 0 Å². The van der Waals surface area contributed by atoms with Crippen molar-refractivity contribution in [2.75, 3.05) is 0 Å². The van der Waals surface area contributed by atoms with Gasteiger partial charge in [0, 0.05) is 11.1 Å². The van der Waals surface area contributed by atoms with Gasteiger partial charge in [-0.25, -0.2) is 0 Å². The fraction of sp³-hybridized carbons (Fsp3) is 0.316. The van der Waals surface area contributed by atoms with E-state index in [0.29, 0.717) is 0 Å². The van der Waals surface area contributed by atoms with Crippen LogP contribution in [0.2, 0.25) is 0 Å². The Labute approximate surface area is 120 Å². The summed E-state index contributed by atoms with van der Waals surface area (Å²) in [6, 6.07) is 14.2. The second-order valence-electron chi connectivity index (χ2n) is 5.85. The number of hydrogen-bond acceptors (Lipinski definition) is 1. The average molecular weight is 264 g/mol. The van der Waals surface area contributed by atoms with Crippen molar-refractivity contribution in [2.45, 2.75) is 39.0 Å². The highest BCUT2D eigenvalue weighted by atomic mass is 16.1. The Morgan fingerprint density at radius 1 is 0.950 bits per heavy atom. The third-order valence-electron chi connectivity index (χ3n) is 4.46. The molecule has 0 aromatic heterocycles. The quantitative estimate of drug-likeness (QED) is 0.728. The van der Waals surface area contributed by atoms with Gasteiger partial charge in [0.1, 0.15) is 0 Å². The summed E-state index contributed by atoms with van der Waals surface area (Å²) in [6.45, 7) is 4.01. The summed E-state index contributed by atoms with van der Waals surface area (Å²) in [5.74, 6) is 0.861. The Morgan fingerprint density at radius 2 is 1.55 bits per heavy atom. The largest absolute Gasteiger partial charge is 0.289 e. The molecular weight excluding hydrogens is 244 g/mol. The number of rotatable bonds is 3. The van der Waals surface area contributed by atoms with Crippen molar-refractivity contribution in [1.29, 1.82) is 0 Å². The molecule has 0 saturated heterocycles. The third-order valence-corrected chi connectivity index (χ3v) is 4.46. The maximum Gasteiger partial charge on any atom is 0.193 e. The first-order chi connectivity index (χ1) is 9.66. The molecule has 102 valence electrons. The van der Waals surface area contributed by atoms with Crippen molar-refractivity contribution in [3.05, 3.63) is 70.3 Å². The van der Waals surface area contributed by atoms with Crippen molar-refractivity contribution in [3.63, 3.8) is 0 Å². The number of aryl methyl sites for hydroxylation is 2. The van der Waals surface area contributed by atoms with Gasteiger partial charge in [-0.3, -0.25) is 4.79 Å². The topological polar surface area (TPSA) is 17.1 Å². The van der Waals surface area contributed by atoms with Crippen LogP contribution in [0.25, 0.3) is 0 Å². The lowest BCUT2D eigenvalue weighted by molar-refractivity contribution is 0.103. The van der Waals surface area contributed by atoms with Gasteiger partial charge in [0.2, 0.25) is 0 Å². The fourth-order valence-electron chi connectivity index (χ4n) is 2.97. The predicted octanol–water partition coefficient (Wildman–Crippen LogP) is 4.80. The summed E-state index contributed by atoms with van der Waals surface area (Å²) in [6.07, 6.45) is 3.93. The second-order valence-corrected chi connectivity index (χ2v) is 5.85. The molecule has 1 aliphatic rings. The molecule has 3 rings (SSSR count). The average Bonchev–Trinajstić information content (AvgIpc) is 2.37. The van der Waals surface area contributed by atoms with Gasteiger partial charge in [-0.1, -0.05) is 48.9 Å². The molecule has 1 saturated carbocycles. The molecule has 0 radical (unpaired) electrons. The smallest absolute Gasteiger partial charge is 0.193 e. The van der Waals surface area contributed by atoms with Crippen LogP contribution in [-0.4, -0.2) is 5.78 Å². The summed E-state index contributed by atoms with van der Waals surface area (Å²) < 4.78 is 0. The summed E-state index contributed by atoms with van der Waals surface area (Å²) in [7, 11) is 0. The van der Waals surface area contributed by atoms with E-state index in [0.717, 1.165) is 28.2 Å². The van der Waals surface area contributed by atoms with Gasteiger partial charge in [-0.2, -0.15) is 0 Å². The standard InChI is InChI=1S/C19H20O/c1-13-5-3-6-14(2)18(13)19(20)17-11-9-16(10-12-17)15-7-4-8-15/h3,5-6,9-12,15H,4,7-8H2,1-2H3. The van der Waals surface area contributed by atoms with E-state index < -0.39 is 0 Å². The van der Waals surface area contributed by atoms with E-state index in [1.165, 1.54) is 24.8 Å². The molecule has 0 spiro atoms. The van der Waals surface area contributed by atoms with E-state index in [9.17, 15) is 4.79 Å². The lowest BCUT2D eigenvalue weighted by Crippen LogP contribution is -2.10. The van der Waals surface area contributed by atoms with Crippen LogP contribution in [-0.2, 0) is 0 Å². The van der Waals surface area contributed by atoms with E-state index in [-0.39, 0.29) is 5.78 Å². The van der Waals surface area contributed by atoms with Gasteiger partial charge in [0.25, 0.3) is 0 Å². The minimum Gasteiger partial charge on any atom is -0.289 e. The SMILES string of the molecule is Cc1cccc(C)c1C(=O)c1ccc(C2CCC2)cc1. The highest BCUT2D eigenvalue weighted by Crippen LogP contribution is 2.36. The monoisotopic (exact) mass is 264 g/mol. The van der Waals surface area contributed by atoms with Crippen LogP contribution < -0.4 is 0 Å². The van der Waals surface area contributed by atoms with E-state index in [1.54, 1.807) is 0 Å². The Morgan fingerprint density at radius 3 is 2.05 bits per heavy atom. The molecule has 1 fully saturated rings. The zero-order valence-corrected chi connectivity index (χ0v) is 12.1. The minimum atomic E-state index is 0.140. The normalized spacial score (nSPS) is 14.9. The Kier molecular flexibility index (Phi) is 3.43. The van der Waals surface area contributed by atoms with Crippen LogP contribution in [0, 0.1) is 13.8 Å². The summed E-state index contributed by atoms with van der Waals surface area (Å²) in [4.78, 5) is 12.7. The lowest BCUT2D eigenvalue weighted by atomic mass is 9.80. The van der Waals surface area contributed by atoms with Gasteiger partial charge in [-0.15, -0.1) is 0 Å². The molecule has 1 heteroatoms. The van der Waals surface area contributed by atoms with E-state index >= 15 is 0 Å². The number of carbonyl (C=O) groups is 1. The first-order valence-electron chi connectivity index (χ1n) is 7.37. The number of hydrogen-bond donors (Lipinski definition) is 0. The molecule has 0 heterocycles. The molecule has 0 N–H and O–H groups in total. The van der Waals surface area contributed by atoms with Gasteiger partial charge < -0.3 is 0 Å². The zero-order chi connectivity index (χ0) is 14.1. The first-order valence-corrected chi connectivity index (χ1v) is 7.37. The minimum absolute atomic E-state index is 0.140. The molecule has 2 aromatic carbocycles. The van der Waals surface area contributed by atoms with Crippen molar-refractivity contribution >= 4 is 5.78 Å². The zero-order valence-electron chi connectivity index (χ0n) is 12.1. The summed E-state index contributed by atoms with van der Waals surface area (Å²) in [5.41, 5.74) is 5.14. The summed E-state index contributed by atoms with van der Waals surface area (Å²) >= 11 is 0. The number of benzene rings is 2. The molecule has 0 amide bonds. The van der Waals surface area contributed by atoms with E-state index in [4.69, 9.17) is 0 Å². The van der Waals surface area contributed by atoms with Crippen LogP contribution >= 0.6 is 0 Å². The number of carbonyl (C=O) groups excluding carboxylic acids is 1. The van der Waals surface area contributed by atoms with Gasteiger partial charge in [0.05, 0.1) is 0 Å². The van der Waals surface area contributed by atoms with Gasteiger partial charge >= 0.3 is 0 Å². The maximum atomic E-state index is 12.7. The van der Waals surface area contributed by atoms with Crippen LogP contribution in [0.15, 0.2) is 42.5 Å². The highest BCUT2D eigenvalue weighted by Gasteiger charge is 2.20. The highest BCUT2D eigenvalue weighted by molar-refractivity contribution is 6.10. The van der Waals surface area contributed by atoms with Crippen molar-refractivity contribution in [3.8, 4) is 0 Å². The van der Waals surface area contributed by atoms with Crippen LogP contribution in [0.3, 0.4) is 0 Å². The second kappa shape index (κ2) is 5.24. The molecule has 0 aliphatic heterocycles. The molecule has 2 aromatic rings. The van der Waals surface area contributed by atoms with E-state index in [1.807, 2.05) is 44.2 Å². The molecule has 0 atom stereocenters. The van der Waals surface area contributed by atoms with Gasteiger partial charge in [0.15, 0.2) is 5.78 Å². The fourth-order valence-corrected chi connectivity index (χ4v) is 2.97. The van der Waals surface area contributed by atoms with Crippen molar-refractivity contribution < 1.29 is 4.79 Å². The lowest BCUT2D eigenvalue weighted by Gasteiger charge is -2.25. The Hall–Kier alpha value is -1.89. The van der Waals surface area contributed by atoms with Crippen LogP contribution in [0.5, 0.6) is 0 Å². The molecule has 0 unspecified atom stereocenters. The van der Waals surface area contributed by atoms with Crippen molar-refractivity contribution in [2.24, 2.45) is 0 Å². The molecular formula is C19H20O. The summed E-state index contributed by atoms with van der Waals surface area (Å²) in [5, 5.41) is 0. The molecule has 20 heavy (non-hydrogen) atoms. The number of ketones is 1. The predicted molar refractivity (Wildman–Crippen MR) is 82.4 cm³/mol. The Balaban J connectivity index is 1.90. The molecule has 1 nitrogen and oxygen atoms in total. The first kappa shape index (κ1) is 13.1. The van der Waals surface area contributed by atoms with Crippen LogP contribution in [0.4, 0.5) is 0 Å². The maximum absolute atomic E-state index is 12.7. The third kappa shape index (κ3) is 2.29. The Bertz CT molecular complexity index is 613. The van der Waals surface area contributed by atoms with Crippen LogP contribution in [0.1, 0.15) is 57.8 Å².